The van der Waals surface area contributed by atoms with Gasteiger partial charge in [-0.15, -0.1) is 0 Å². The lowest BCUT2D eigenvalue weighted by atomic mass is 9.91. The van der Waals surface area contributed by atoms with Crippen LogP contribution in [0.25, 0.3) is 11.6 Å². The third-order valence-corrected chi connectivity index (χ3v) is 6.79. The van der Waals surface area contributed by atoms with Crippen molar-refractivity contribution in [2.45, 2.75) is 65.5 Å². The number of carbonyl (C=O) groups is 2. The first-order valence-electron chi connectivity index (χ1n) is 12.7. The van der Waals surface area contributed by atoms with Crippen molar-refractivity contribution >= 4 is 39.4 Å². The molecule has 3 N–H and O–H groups in total. The highest BCUT2D eigenvalue weighted by molar-refractivity contribution is 9.10. The Morgan fingerprint density at radius 3 is 2.53 bits per heavy atom. The quantitative estimate of drug-likeness (QED) is 0.299. The Bertz CT molecular complexity index is 1100. The SMILES string of the molecule is CCCCNC(=O)[C@H](C)C[C@H](O)[C@H](CC(C)C)NC(=O)C1=Cc2ccccc2Oc2cc(Br)ccc21. The fourth-order valence-corrected chi connectivity index (χ4v) is 4.64. The van der Waals surface area contributed by atoms with Crippen LogP contribution in [0.1, 0.15) is 64.5 Å². The van der Waals surface area contributed by atoms with Crippen LogP contribution in [0.4, 0.5) is 0 Å². The number of ether oxygens (including phenoxy) is 1. The number of hydrogen-bond donors (Lipinski definition) is 3. The highest BCUT2D eigenvalue weighted by atomic mass is 79.9. The molecule has 2 aromatic rings. The van der Waals surface area contributed by atoms with Crippen LogP contribution in [0.5, 0.6) is 11.5 Å². The van der Waals surface area contributed by atoms with Crippen LogP contribution in [0.3, 0.4) is 0 Å². The van der Waals surface area contributed by atoms with E-state index in [9.17, 15) is 14.7 Å². The normalized spacial score (nSPS) is 14.9. The third kappa shape index (κ3) is 7.43. The number of nitrogens with one attached hydrogen (secondary N) is 2. The highest BCUT2D eigenvalue weighted by Gasteiger charge is 2.29. The molecule has 1 aliphatic rings. The molecule has 0 radical (unpaired) electrons. The molecule has 0 fully saturated rings. The highest BCUT2D eigenvalue weighted by Crippen LogP contribution is 2.39. The molecule has 194 valence electrons. The van der Waals surface area contributed by atoms with Gasteiger partial charge in [-0.25, -0.2) is 0 Å². The van der Waals surface area contributed by atoms with E-state index in [1.165, 1.54) is 0 Å². The van der Waals surface area contributed by atoms with Gasteiger partial charge >= 0.3 is 0 Å². The van der Waals surface area contributed by atoms with Gasteiger partial charge in [0.1, 0.15) is 11.5 Å². The molecule has 2 amide bonds. The van der Waals surface area contributed by atoms with Crippen molar-refractivity contribution in [3.8, 4) is 11.5 Å². The van der Waals surface area contributed by atoms with Gasteiger partial charge in [0.2, 0.25) is 5.91 Å². The molecule has 0 saturated heterocycles. The summed E-state index contributed by atoms with van der Waals surface area (Å²) in [7, 11) is 0. The van der Waals surface area contributed by atoms with Crippen LogP contribution >= 0.6 is 15.9 Å². The average molecular weight is 558 g/mol. The van der Waals surface area contributed by atoms with Crippen molar-refractivity contribution < 1.29 is 19.4 Å². The molecule has 0 spiro atoms. The smallest absolute Gasteiger partial charge is 0.252 e. The number of aliphatic hydroxyl groups is 1. The van der Waals surface area contributed by atoms with E-state index in [2.05, 4.69) is 47.3 Å². The van der Waals surface area contributed by atoms with E-state index in [1.54, 1.807) is 0 Å². The van der Waals surface area contributed by atoms with Gasteiger partial charge in [0.25, 0.3) is 5.91 Å². The van der Waals surface area contributed by atoms with Gasteiger partial charge in [-0.1, -0.05) is 68.2 Å². The van der Waals surface area contributed by atoms with Crippen molar-refractivity contribution in [1.82, 2.24) is 10.6 Å². The molecule has 2 aromatic carbocycles. The van der Waals surface area contributed by atoms with E-state index in [1.807, 2.05) is 55.5 Å². The molecule has 3 atom stereocenters. The molecule has 36 heavy (non-hydrogen) atoms. The van der Waals surface area contributed by atoms with Gasteiger partial charge in [-0.2, -0.15) is 0 Å². The summed E-state index contributed by atoms with van der Waals surface area (Å²) in [5, 5.41) is 17.1. The van der Waals surface area contributed by atoms with Gasteiger partial charge in [-0.3, -0.25) is 9.59 Å². The number of para-hydroxylation sites is 1. The number of fused-ring (bicyclic) bond motifs is 2. The summed E-state index contributed by atoms with van der Waals surface area (Å²) in [6, 6.07) is 12.6. The van der Waals surface area contributed by atoms with Crippen LogP contribution in [0.15, 0.2) is 46.9 Å². The van der Waals surface area contributed by atoms with E-state index in [-0.39, 0.29) is 30.1 Å². The molecular weight excluding hydrogens is 520 g/mol. The molecule has 6 nitrogen and oxygen atoms in total. The summed E-state index contributed by atoms with van der Waals surface area (Å²) in [6.07, 6.45) is 3.75. The second-order valence-corrected chi connectivity index (χ2v) is 10.8. The average Bonchev–Trinajstić information content (AvgIpc) is 2.99. The predicted octanol–water partition coefficient (Wildman–Crippen LogP) is 5.93. The van der Waals surface area contributed by atoms with Crippen LogP contribution in [0, 0.1) is 11.8 Å². The predicted molar refractivity (Wildman–Crippen MR) is 148 cm³/mol. The molecule has 0 bridgehead atoms. The van der Waals surface area contributed by atoms with Gasteiger partial charge < -0.3 is 20.5 Å². The van der Waals surface area contributed by atoms with Crippen LogP contribution in [-0.4, -0.2) is 35.6 Å². The van der Waals surface area contributed by atoms with Gasteiger partial charge in [0.05, 0.1) is 17.7 Å². The Balaban J connectivity index is 1.83. The molecular formula is C29H37BrN2O4. The van der Waals surface area contributed by atoms with Gasteiger partial charge in [-0.05, 0) is 55.5 Å². The zero-order valence-corrected chi connectivity index (χ0v) is 23.1. The molecule has 7 heteroatoms. The Labute approximate surface area is 222 Å². The lowest BCUT2D eigenvalue weighted by Crippen LogP contribution is -2.46. The summed E-state index contributed by atoms with van der Waals surface area (Å²) in [5.41, 5.74) is 1.94. The van der Waals surface area contributed by atoms with Gasteiger partial charge in [0.15, 0.2) is 0 Å². The van der Waals surface area contributed by atoms with E-state index in [0.717, 1.165) is 22.9 Å². The maximum absolute atomic E-state index is 13.7. The molecule has 0 saturated carbocycles. The van der Waals surface area contributed by atoms with Crippen molar-refractivity contribution in [3.63, 3.8) is 0 Å². The summed E-state index contributed by atoms with van der Waals surface area (Å²) in [4.78, 5) is 26.1. The molecule has 1 heterocycles. The van der Waals surface area contributed by atoms with E-state index in [4.69, 9.17) is 4.74 Å². The van der Waals surface area contributed by atoms with Crippen LogP contribution in [0.2, 0.25) is 0 Å². The first-order valence-corrected chi connectivity index (χ1v) is 13.5. The minimum Gasteiger partial charge on any atom is -0.456 e. The van der Waals surface area contributed by atoms with E-state index < -0.39 is 12.1 Å². The van der Waals surface area contributed by atoms with E-state index >= 15 is 0 Å². The standard InChI is InChI=1S/C29H37BrN2O4/c1-5-6-13-31-28(34)19(4)15-25(33)24(14-18(2)3)32-29(35)23-16-20-9-7-8-10-26(20)36-27-17-21(30)11-12-22(23)27/h7-12,16-19,24-25,33H,5-6,13-15H2,1-4H3,(H,31,34)(H,32,35)/t19-,24+,25+/m1/s1. The number of aliphatic hydroxyl groups excluding tert-OH is 1. The van der Waals surface area contributed by atoms with E-state index in [0.29, 0.717) is 35.6 Å². The molecule has 0 aliphatic carbocycles. The number of halogens is 1. The number of unbranched alkanes of at least 4 members (excludes halogenated alkanes) is 1. The molecule has 1 aliphatic heterocycles. The number of benzene rings is 2. The summed E-state index contributed by atoms with van der Waals surface area (Å²) in [6.45, 7) is 8.62. The van der Waals surface area contributed by atoms with Crippen LogP contribution < -0.4 is 15.4 Å². The minimum absolute atomic E-state index is 0.0724. The summed E-state index contributed by atoms with van der Waals surface area (Å²) < 4.78 is 6.99. The number of carbonyl (C=O) groups excluding carboxylic acids is 2. The Morgan fingerprint density at radius 1 is 1.06 bits per heavy atom. The first kappa shape index (κ1) is 27.9. The number of rotatable bonds is 11. The molecule has 0 aromatic heterocycles. The van der Waals surface area contributed by atoms with Crippen molar-refractivity contribution in [2.24, 2.45) is 11.8 Å². The fraction of sp³-hybridized carbons (Fsp3) is 0.448. The van der Waals surface area contributed by atoms with Gasteiger partial charge in [0, 0.05) is 28.1 Å². The Kier molecular flexibility index (Phi) is 10.1. The van der Waals surface area contributed by atoms with Crippen LogP contribution in [-0.2, 0) is 9.59 Å². The maximum atomic E-state index is 13.7. The first-order chi connectivity index (χ1) is 17.2. The van der Waals surface area contributed by atoms with Crippen molar-refractivity contribution in [2.75, 3.05) is 6.54 Å². The second kappa shape index (κ2) is 13.1. The topological polar surface area (TPSA) is 87.7 Å². The zero-order valence-electron chi connectivity index (χ0n) is 21.5. The summed E-state index contributed by atoms with van der Waals surface area (Å²) >= 11 is 3.49. The minimum atomic E-state index is -0.859. The second-order valence-electron chi connectivity index (χ2n) is 9.90. The van der Waals surface area contributed by atoms with Crippen molar-refractivity contribution in [3.05, 3.63) is 58.1 Å². The maximum Gasteiger partial charge on any atom is 0.252 e. The lowest BCUT2D eigenvalue weighted by molar-refractivity contribution is -0.125. The molecule has 3 rings (SSSR count). The Hall–Kier alpha value is -2.64. The lowest BCUT2D eigenvalue weighted by Gasteiger charge is -2.28. The summed E-state index contributed by atoms with van der Waals surface area (Å²) in [5.74, 6) is 0.767. The van der Waals surface area contributed by atoms with Crippen molar-refractivity contribution in [1.29, 1.82) is 0 Å². The third-order valence-electron chi connectivity index (χ3n) is 6.30. The monoisotopic (exact) mass is 556 g/mol. The Morgan fingerprint density at radius 2 is 1.81 bits per heavy atom. The zero-order chi connectivity index (χ0) is 26.2. The number of hydrogen-bond acceptors (Lipinski definition) is 4. The fourth-order valence-electron chi connectivity index (χ4n) is 4.30. The molecule has 0 unspecified atom stereocenters. The number of amides is 2. The largest absolute Gasteiger partial charge is 0.456 e.